The minimum Gasteiger partial charge on any atom is -0.450 e. The molecule has 0 N–H and O–H groups in total. The molecular weight excluding hydrogens is 529 g/mol. The van der Waals surface area contributed by atoms with E-state index in [1.54, 1.807) is 23.1 Å². The van der Waals surface area contributed by atoms with Gasteiger partial charge in [-0.3, -0.25) is 19.3 Å². The van der Waals surface area contributed by atoms with Gasteiger partial charge in [-0.05, 0) is 50.6 Å². The van der Waals surface area contributed by atoms with Gasteiger partial charge in [0, 0.05) is 10.4 Å². The molecular formula is C31H22FN3O4S. The van der Waals surface area contributed by atoms with E-state index >= 15 is 0 Å². The highest BCUT2D eigenvalue weighted by Crippen LogP contribution is 2.54. The summed E-state index contributed by atoms with van der Waals surface area (Å²) in [5, 5.41) is 0.239. The maximum Gasteiger partial charge on any atom is 0.297 e. The molecule has 1 unspecified atom stereocenters. The third-order valence-electron chi connectivity index (χ3n) is 7.72. The molecule has 0 bridgehead atoms. The molecule has 2 amide bonds. The number of fused-ring (bicyclic) bond motifs is 5. The van der Waals surface area contributed by atoms with E-state index < -0.39 is 28.6 Å². The second kappa shape index (κ2) is 8.43. The molecule has 7 nitrogen and oxygen atoms in total. The van der Waals surface area contributed by atoms with E-state index in [0.29, 0.717) is 16.9 Å². The summed E-state index contributed by atoms with van der Waals surface area (Å²) in [6.45, 7) is 5.90. The van der Waals surface area contributed by atoms with Gasteiger partial charge >= 0.3 is 0 Å². The first-order valence-corrected chi connectivity index (χ1v) is 13.6. The van der Waals surface area contributed by atoms with Crippen LogP contribution in [0.3, 0.4) is 0 Å². The lowest BCUT2D eigenvalue weighted by Gasteiger charge is -2.32. The van der Waals surface area contributed by atoms with Crippen molar-refractivity contribution in [1.82, 2.24) is 4.98 Å². The highest BCUT2D eigenvalue weighted by Gasteiger charge is 2.66. The normalized spacial score (nSPS) is 17.8. The van der Waals surface area contributed by atoms with Gasteiger partial charge in [-0.15, -0.1) is 11.3 Å². The zero-order valence-corrected chi connectivity index (χ0v) is 22.6. The van der Waals surface area contributed by atoms with Crippen molar-refractivity contribution >= 4 is 44.9 Å². The standard InChI is InChI=1S/C31H22FN3O4S/c1-16-7-6-8-19(13-16)15-34-23-10-5-4-9-22(23)31(29(34)38)25-26(36)21-14-20(32)11-12-24(21)39-27(25)28(37)35(31)30-33-17(2)18(3)40-30/h4-14H,15H2,1-3H3. The number of nitrogens with zero attached hydrogens (tertiary/aromatic N) is 3. The molecule has 0 saturated carbocycles. The summed E-state index contributed by atoms with van der Waals surface area (Å²) in [6, 6.07) is 18.5. The summed E-state index contributed by atoms with van der Waals surface area (Å²) in [4.78, 5) is 51.7. The Hall–Kier alpha value is -4.63. The lowest BCUT2D eigenvalue weighted by Crippen LogP contribution is -2.53. The highest BCUT2D eigenvalue weighted by atomic mass is 32.1. The molecule has 3 aromatic carbocycles. The number of amides is 2. The average Bonchev–Trinajstić information content (AvgIpc) is 3.48. The number of para-hydroxylation sites is 1. The van der Waals surface area contributed by atoms with Crippen LogP contribution < -0.4 is 15.2 Å². The van der Waals surface area contributed by atoms with Crippen molar-refractivity contribution in [2.75, 3.05) is 9.80 Å². The quantitative estimate of drug-likeness (QED) is 0.285. The van der Waals surface area contributed by atoms with Gasteiger partial charge in [0.15, 0.2) is 16.1 Å². The summed E-state index contributed by atoms with van der Waals surface area (Å²) in [5.74, 6) is -1.99. The predicted molar refractivity (Wildman–Crippen MR) is 150 cm³/mol. The highest BCUT2D eigenvalue weighted by molar-refractivity contribution is 7.16. The summed E-state index contributed by atoms with van der Waals surface area (Å²) in [6.07, 6.45) is 0. The molecule has 2 aliphatic rings. The fourth-order valence-electron chi connectivity index (χ4n) is 5.84. The summed E-state index contributed by atoms with van der Waals surface area (Å²) in [5.41, 5.74) is 1.13. The van der Waals surface area contributed by atoms with Crippen molar-refractivity contribution in [2.45, 2.75) is 32.9 Å². The van der Waals surface area contributed by atoms with Crippen LogP contribution in [0.4, 0.5) is 15.2 Å². The predicted octanol–water partition coefficient (Wildman–Crippen LogP) is 5.76. The minimum absolute atomic E-state index is 0.0401. The first kappa shape index (κ1) is 24.4. The van der Waals surface area contributed by atoms with Gasteiger partial charge in [0.25, 0.3) is 11.8 Å². The molecule has 0 aliphatic carbocycles. The number of benzene rings is 3. The van der Waals surface area contributed by atoms with Crippen LogP contribution in [0.1, 0.15) is 43.4 Å². The molecule has 0 radical (unpaired) electrons. The fourth-order valence-corrected chi connectivity index (χ4v) is 6.80. The summed E-state index contributed by atoms with van der Waals surface area (Å²) < 4.78 is 20.3. The number of halogens is 1. The van der Waals surface area contributed by atoms with E-state index in [1.807, 2.05) is 51.1 Å². The maximum absolute atomic E-state index is 14.9. The number of hydrogen-bond acceptors (Lipinski definition) is 6. The Labute approximate surface area is 232 Å². The molecule has 198 valence electrons. The molecule has 0 saturated heterocycles. The van der Waals surface area contributed by atoms with Crippen molar-refractivity contribution in [3.8, 4) is 0 Å². The van der Waals surface area contributed by atoms with Crippen LogP contribution in [-0.2, 0) is 16.9 Å². The Bertz CT molecular complexity index is 1960. The molecule has 5 aromatic rings. The first-order chi connectivity index (χ1) is 19.2. The monoisotopic (exact) mass is 551 g/mol. The molecule has 1 spiro atoms. The van der Waals surface area contributed by atoms with Crippen molar-refractivity contribution in [3.63, 3.8) is 0 Å². The Kier molecular flexibility index (Phi) is 5.15. The Balaban J connectivity index is 1.57. The van der Waals surface area contributed by atoms with E-state index in [-0.39, 0.29) is 34.0 Å². The Morgan fingerprint density at radius 2 is 1.77 bits per heavy atom. The molecule has 2 aromatic heterocycles. The first-order valence-electron chi connectivity index (χ1n) is 12.7. The van der Waals surface area contributed by atoms with Crippen LogP contribution in [0.2, 0.25) is 0 Å². The van der Waals surface area contributed by atoms with Crippen LogP contribution in [0.25, 0.3) is 11.0 Å². The van der Waals surface area contributed by atoms with Crippen LogP contribution in [0.15, 0.2) is 75.9 Å². The van der Waals surface area contributed by atoms with Crippen LogP contribution in [-0.4, -0.2) is 16.8 Å². The SMILES string of the molecule is Cc1cccc(CN2C(=O)C3(c4ccccc42)c2c(oc4ccc(F)cc4c2=O)C(=O)N3c2nc(C)c(C)s2)c1. The topological polar surface area (TPSA) is 83.7 Å². The van der Waals surface area contributed by atoms with E-state index in [4.69, 9.17) is 4.42 Å². The number of carbonyl (C=O) groups excluding carboxylic acids is 2. The van der Waals surface area contributed by atoms with Gasteiger partial charge in [-0.25, -0.2) is 9.37 Å². The number of aryl methyl sites for hydroxylation is 3. The van der Waals surface area contributed by atoms with Gasteiger partial charge in [0.2, 0.25) is 5.76 Å². The van der Waals surface area contributed by atoms with Crippen molar-refractivity contribution in [1.29, 1.82) is 0 Å². The van der Waals surface area contributed by atoms with Crippen molar-refractivity contribution in [2.24, 2.45) is 0 Å². The smallest absolute Gasteiger partial charge is 0.297 e. The Morgan fingerprint density at radius 1 is 0.975 bits per heavy atom. The maximum atomic E-state index is 14.9. The van der Waals surface area contributed by atoms with Gasteiger partial charge in [0.1, 0.15) is 11.4 Å². The van der Waals surface area contributed by atoms with Gasteiger partial charge in [-0.2, -0.15) is 0 Å². The molecule has 9 heteroatoms. The second-order valence-electron chi connectivity index (χ2n) is 10.2. The van der Waals surface area contributed by atoms with Crippen LogP contribution >= 0.6 is 11.3 Å². The van der Waals surface area contributed by atoms with Crippen LogP contribution in [0.5, 0.6) is 0 Å². The van der Waals surface area contributed by atoms with E-state index in [9.17, 15) is 18.8 Å². The molecule has 0 fully saturated rings. The summed E-state index contributed by atoms with van der Waals surface area (Å²) in [7, 11) is 0. The fraction of sp³-hybridized carbons (Fsp3) is 0.161. The second-order valence-corrected chi connectivity index (χ2v) is 11.3. The lowest BCUT2D eigenvalue weighted by molar-refractivity contribution is -0.121. The van der Waals surface area contributed by atoms with Gasteiger partial charge in [-0.1, -0.05) is 48.0 Å². The Morgan fingerprint density at radius 3 is 2.52 bits per heavy atom. The molecule has 40 heavy (non-hydrogen) atoms. The average molecular weight is 552 g/mol. The van der Waals surface area contributed by atoms with Crippen molar-refractivity contribution < 1.29 is 18.4 Å². The third kappa shape index (κ3) is 3.15. The largest absolute Gasteiger partial charge is 0.450 e. The number of aromatic nitrogens is 1. The number of anilines is 2. The van der Waals surface area contributed by atoms with E-state index in [2.05, 4.69) is 4.98 Å². The minimum atomic E-state index is -1.87. The van der Waals surface area contributed by atoms with E-state index in [0.717, 1.165) is 28.1 Å². The molecule has 7 rings (SSSR count). The summed E-state index contributed by atoms with van der Waals surface area (Å²) >= 11 is 1.26. The zero-order chi connectivity index (χ0) is 27.9. The number of thiazole rings is 1. The molecule has 2 aliphatic heterocycles. The third-order valence-corrected chi connectivity index (χ3v) is 8.78. The lowest BCUT2D eigenvalue weighted by atomic mass is 9.84. The van der Waals surface area contributed by atoms with Gasteiger partial charge < -0.3 is 9.32 Å². The van der Waals surface area contributed by atoms with Crippen molar-refractivity contribution in [3.05, 3.63) is 121 Å². The zero-order valence-electron chi connectivity index (χ0n) is 21.8. The van der Waals surface area contributed by atoms with Gasteiger partial charge in [0.05, 0.1) is 28.9 Å². The molecule has 4 heterocycles. The van der Waals surface area contributed by atoms with Crippen LogP contribution in [0, 0.1) is 26.6 Å². The van der Waals surface area contributed by atoms with E-state index in [1.165, 1.54) is 22.3 Å². The number of carbonyl (C=O) groups is 2. The number of hydrogen-bond donors (Lipinski definition) is 0. The number of rotatable bonds is 3. The molecule has 1 atom stereocenters.